The van der Waals surface area contributed by atoms with Gasteiger partial charge in [0.2, 0.25) is 0 Å². The molecule has 0 saturated carbocycles. The summed E-state index contributed by atoms with van der Waals surface area (Å²) in [5.74, 6) is -0.0942. The van der Waals surface area contributed by atoms with Gasteiger partial charge in [0.15, 0.2) is 0 Å². The van der Waals surface area contributed by atoms with Crippen LogP contribution in [0.15, 0.2) is 90.2 Å². The van der Waals surface area contributed by atoms with Crippen LogP contribution in [0.1, 0.15) is 15.9 Å². The van der Waals surface area contributed by atoms with Crippen molar-refractivity contribution in [2.75, 3.05) is 7.11 Å². The zero-order chi connectivity index (χ0) is 21.6. The lowest BCUT2D eigenvalue weighted by Crippen LogP contribution is -2.17. The first kappa shape index (κ1) is 20.0. The molecule has 0 saturated heterocycles. The first-order valence-electron chi connectivity index (χ1n) is 9.52. The van der Waals surface area contributed by atoms with E-state index in [-0.39, 0.29) is 0 Å². The zero-order valence-electron chi connectivity index (χ0n) is 16.7. The number of nitrogens with one attached hydrogen (secondary N) is 1. The number of carbonyl (C=O) groups excluding carboxylic acids is 1. The van der Waals surface area contributed by atoms with E-state index in [0.717, 1.165) is 17.0 Å². The number of rotatable bonds is 6. The third kappa shape index (κ3) is 4.67. The van der Waals surface area contributed by atoms with Crippen LogP contribution >= 0.6 is 0 Å². The van der Waals surface area contributed by atoms with Crippen molar-refractivity contribution in [3.05, 3.63) is 102 Å². The molecule has 0 spiro atoms. The summed E-state index contributed by atoms with van der Waals surface area (Å²) < 4.78 is 20.0. The fourth-order valence-corrected chi connectivity index (χ4v) is 2.99. The molecule has 6 nitrogen and oxygen atoms in total. The Balaban J connectivity index is 1.63. The fourth-order valence-electron chi connectivity index (χ4n) is 2.99. The van der Waals surface area contributed by atoms with Crippen molar-refractivity contribution >= 4 is 12.1 Å². The lowest BCUT2D eigenvalue weighted by Gasteiger charge is -2.03. The van der Waals surface area contributed by atoms with Crippen LogP contribution in [0.4, 0.5) is 4.39 Å². The fraction of sp³-hybridized carbons (Fsp3) is 0.0417. The van der Waals surface area contributed by atoms with Crippen molar-refractivity contribution in [2.24, 2.45) is 5.10 Å². The molecule has 154 valence electrons. The van der Waals surface area contributed by atoms with Gasteiger partial charge in [0.1, 0.15) is 17.3 Å². The highest BCUT2D eigenvalue weighted by atomic mass is 19.1. The topological polar surface area (TPSA) is 68.5 Å². The van der Waals surface area contributed by atoms with E-state index in [1.165, 1.54) is 30.5 Å². The number of amides is 1. The van der Waals surface area contributed by atoms with Crippen LogP contribution in [0.5, 0.6) is 5.75 Å². The van der Waals surface area contributed by atoms with Gasteiger partial charge in [0, 0.05) is 22.9 Å². The Morgan fingerprint density at radius 1 is 1.03 bits per heavy atom. The van der Waals surface area contributed by atoms with Crippen LogP contribution in [0.3, 0.4) is 0 Å². The second-order valence-electron chi connectivity index (χ2n) is 6.65. The van der Waals surface area contributed by atoms with E-state index in [9.17, 15) is 9.18 Å². The highest BCUT2D eigenvalue weighted by Gasteiger charge is 2.12. The van der Waals surface area contributed by atoms with E-state index in [1.54, 1.807) is 11.8 Å². The van der Waals surface area contributed by atoms with Crippen molar-refractivity contribution in [1.29, 1.82) is 0 Å². The summed E-state index contributed by atoms with van der Waals surface area (Å²) in [6.07, 6.45) is 3.37. The molecule has 7 heteroatoms. The third-order valence-corrected chi connectivity index (χ3v) is 4.60. The molecule has 3 aromatic carbocycles. The van der Waals surface area contributed by atoms with Crippen molar-refractivity contribution in [1.82, 2.24) is 15.2 Å². The summed E-state index contributed by atoms with van der Waals surface area (Å²) in [6, 6.07) is 22.5. The molecule has 4 aromatic rings. The van der Waals surface area contributed by atoms with Crippen LogP contribution in [0, 0.1) is 5.82 Å². The van der Waals surface area contributed by atoms with Gasteiger partial charge in [-0.3, -0.25) is 4.79 Å². The molecule has 0 aliphatic rings. The molecule has 1 N–H and O–H groups in total. The predicted molar refractivity (Wildman–Crippen MR) is 117 cm³/mol. The van der Waals surface area contributed by atoms with Gasteiger partial charge in [-0.05, 0) is 60.7 Å². The lowest BCUT2D eigenvalue weighted by molar-refractivity contribution is 0.0955. The SMILES string of the molecule is COc1ccc(-c2nn(-c3ccccc3)cc2/C=N/NC(=O)c2ccc(F)cc2)cc1. The van der Waals surface area contributed by atoms with Gasteiger partial charge in [-0.15, -0.1) is 0 Å². The monoisotopic (exact) mass is 414 g/mol. The number of hydrogen-bond acceptors (Lipinski definition) is 4. The molecule has 31 heavy (non-hydrogen) atoms. The number of nitrogens with zero attached hydrogens (tertiary/aromatic N) is 3. The standard InChI is InChI=1S/C24H19FN4O2/c1-31-22-13-9-17(10-14-22)23-19(16-29(28-23)21-5-3-2-4-6-21)15-26-27-24(30)18-7-11-20(25)12-8-18/h2-16H,1H3,(H,27,30)/b26-15+. The highest BCUT2D eigenvalue weighted by Crippen LogP contribution is 2.25. The first-order chi connectivity index (χ1) is 15.1. The Morgan fingerprint density at radius 2 is 1.74 bits per heavy atom. The first-order valence-corrected chi connectivity index (χ1v) is 9.52. The van der Waals surface area contributed by atoms with Gasteiger partial charge in [-0.25, -0.2) is 14.5 Å². The zero-order valence-corrected chi connectivity index (χ0v) is 16.7. The van der Waals surface area contributed by atoms with Crippen LogP contribution in [0.25, 0.3) is 16.9 Å². The van der Waals surface area contributed by atoms with Crippen molar-refractivity contribution in [2.45, 2.75) is 0 Å². The highest BCUT2D eigenvalue weighted by molar-refractivity contribution is 5.95. The van der Waals surface area contributed by atoms with Gasteiger partial charge in [0.25, 0.3) is 5.91 Å². The molecule has 1 heterocycles. The second kappa shape index (κ2) is 9.04. The Kier molecular flexibility index (Phi) is 5.84. The van der Waals surface area contributed by atoms with Crippen LogP contribution in [0.2, 0.25) is 0 Å². The molecular formula is C24H19FN4O2. The average Bonchev–Trinajstić information content (AvgIpc) is 3.24. The van der Waals surface area contributed by atoms with Gasteiger partial charge in [-0.2, -0.15) is 10.2 Å². The predicted octanol–water partition coefficient (Wildman–Crippen LogP) is 4.45. The molecule has 4 rings (SSSR count). The lowest BCUT2D eigenvalue weighted by atomic mass is 10.1. The number of methoxy groups -OCH3 is 1. The summed E-state index contributed by atoms with van der Waals surface area (Å²) >= 11 is 0. The van der Waals surface area contributed by atoms with Gasteiger partial charge in [-0.1, -0.05) is 18.2 Å². The van der Waals surface area contributed by atoms with Crippen molar-refractivity contribution in [3.63, 3.8) is 0 Å². The normalized spacial score (nSPS) is 10.9. The number of aromatic nitrogens is 2. The molecule has 1 aromatic heterocycles. The number of hydrogen-bond donors (Lipinski definition) is 1. The summed E-state index contributed by atoms with van der Waals surface area (Å²) in [4.78, 5) is 12.2. The minimum absolute atomic E-state index is 0.314. The van der Waals surface area contributed by atoms with E-state index in [4.69, 9.17) is 9.84 Å². The van der Waals surface area contributed by atoms with Gasteiger partial charge >= 0.3 is 0 Å². The van der Waals surface area contributed by atoms with E-state index in [2.05, 4.69) is 10.5 Å². The summed E-state index contributed by atoms with van der Waals surface area (Å²) in [5, 5.41) is 8.77. The minimum Gasteiger partial charge on any atom is -0.497 e. The average molecular weight is 414 g/mol. The van der Waals surface area contributed by atoms with E-state index in [0.29, 0.717) is 16.8 Å². The maximum atomic E-state index is 13.0. The van der Waals surface area contributed by atoms with Crippen LogP contribution in [-0.4, -0.2) is 29.0 Å². The largest absolute Gasteiger partial charge is 0.497 e. The quantitative estimate of drug-likeness (QED) is 0.374. The number of carbonyl (C=O) groups is 1. The second-order valence-corrected chi connectivity index (χ2v) is 6.65. The van der Waals surface area contributed by atoms with Crippen molar-refractivity contribution in [3.8, 4) is 22.7 Å². The van der Waals surface area contributed by atoms with E-state index < -0.39 is 11.7 Å². The van der Waals surface area contributed by atoms with E-state index in [1.807, 2.05) is 60.8 Å². The molecule has 0 aliphatic heterocycles. The van der Waals surface area contributed by atoms with Crippen molar-refractivity contribution < 1.29 is 13.9 Å². The molecule has 0 bridgehead atoms. The smallest absolute Gasteiger partial charge is 0.271 e. The maximum Gasteiger partial charge on any atom is 0.271 e. The summed E-state index contributed by atoms with van der Waals surface area (Å²) in [6.45, 7) is 0. The molecule has 0 atom stereocenters. The number of benzene rings is 3. The molecule has 1 amide bonds. The number of ether oxygens (including phenoxy) is 1. The van der Waals surface area contributed by atoms with Crippen LogP contribution in [-0.2, 0) is 0 Å². The molecule has 0 fully saturated rings. The Morgan fingerprint density at radius 3 is 2.42 bits per heavy atom. The molecule has 0 aliphatic carbocycles. The molecule has 0 unspecified atom stereocenters. The van der Waals surface area contributed by atoms with Gasteiger partial charge in [0.05, 0.1) is 19.0 Å². The Hall–Kier alpha value is -4.26. The summed E-state index contributed by atoms with van der Waals surface area (Å²) in [5.41, 5.74) is 5.97. The number of halogens is 1. The molecular weight excluding hydrogens is 395 g/mol. The number of para-hydroxylation sites is 1. The van der Waals surface area contributed by atoms with Gasteiger partial charge < -0.3 is 4.74 Å². The summed E-state index contributed by atoms with van der Waals surface area (Å²) in [7, 11) is 1.61. The minimum atomic E-state index is -0.433. The number of hydrazone groups is 1. The third-order valence-electron chi connectivity index (χ3n) is 4.60. The Bertz CT molecular complexity index is 1200. The van der Waals surface area contributed by atoms with Crippen LogP contribution < -0.4 is 10.2 Å². The Labute approximate surface area is 178 Å². The molecule has 0 radical (unpaired) electrons. The van der Waals surface area contributed by atoms with E-state index >= 15 is 0 Å². The maximum absolute atomic E-state index is 13.0.